The van der Waals surface area contributed by atoms with Gasteiger partial charge in [-0.3, -0.25) is 0 Å². The molecule has 21 heavy (non-hydrogen) atoms. The highest BCUT2D eigenvalue weighted by Gasteiger charge is 2.00. The monoisotopic (exact) mass is 295 g/mol. The molecule has 1 aromatic heterocycles. The second-order valence-electron chi connectivity index (χ2n) is 6.02. The van der Waals surface area contributed by atoms with E-state index in [4.69, 9.17) is 0 Å². The highest BCUT2D eigenvalue weighted by atomic mass is 19.0. The maximum atomic E-state index is 2.33. The SMILES string of the molecule is CCCCCCCCCCC[n+]1ccc(CCC)cc1.[F-]. The Morgan fingerprint density at radius 3 is 1.76 bits per heavy atom. The van der Waals surface area contributed by atoms with Crippen molar-refractivity contribution < 1.29 is 9.27 Å². The Bertz CT molecular complexity index is 321. The Kier molecular flexibility index (Phi) is 13.4. The molecule has 0 aliphatic carbocycles. The summed E-state index contributed by atoms with van der Waals surface area (Å²) in [6, 6.07) is 4.55. The highest BCUT2D eigenvalue weighted by molar-refractivity contribution is 5.06. The zero-order valence-electron chi connectivity index (χ0n) is 14.1. The molecule has 1 aromatic rings. The van der Waals surface area contributed by atoms with E-state index in [1.54, 1.807) is 0 Å². The zero-order chi connectivity index (χ0) is 14.5. The van der Waals surface area contributed by atoms with Crippen molar-refractivity contribution in [2.75, 3.05) is 0 Å². The second kappa shape index (κ2) is 14.0. The third kappa shape index (κ3) is 10.4. The molecule has 1 nitrogen and oxygen atoms in total. The smallest absolute Gasteiger partial charge is 0.169 e. The van der Waals surface area contributed by atoms with Crippen LogP contribution in [-0.2, 0) is 13.0 Å². The van der Waals surface area contributed by atoms with Crippen LogP contribution >= 0.6 is 0 Å². The number of aryl methyl sites for hydroxylation is 2. The first-order chi connectivity index (χ1) is 9.86. The van der Waals surface area contributed by atoms with Crippen LogP contribution in [0.5, 0.6) is 0 Å². The van der Waals surface area contributed by atoms with Crippen molar-refractivity contribution in [2.24, 2.45) is 0 Å². The van der Waals surface area contributed by atoms with E-state index in [0.717, 1.165) is 0 Å². The minimum Gasteiger partial charge on any atom is -1.00 e. The van der Waals surface area contributed by atoms with Gasteiger partial charge in [-0.25, -0.2) is 4.57 Å². The molecule has 0 aromatic carbocycles. The number of aromatic nitrogens is 1. The van der Waals surface area contributed by atoms with E-state index in [1.165, 1.54) is 82.7 Å². The lowest BCUT2D eigenvalue weighted by atomic mass is 10.1. The van der Waals surface area contributed by atoms with E-state index in [2.05, 4.69) is 42.9 Å². The molecule has 0 atom stereocenters. The van der Waals surface area contributed by atoms with Crippen LogP contribution in [-0.4, -0.2) is 0 Å². The van der Waals surface area contributed by atoms with Gasteiger partial charge >= 0.3 is 0 Å². The Balaban J connectivity index is 0.00000400. The van der Waals surface area contributed by atoms with Gasteiger partial charge in [0.25, 0.3) is 0 Å². The quantitative estimate of drug-likeness (QED) is 0.412. The van der Waals surface area contributed by atoms with Gasteiger partial charge in [-0.1, -0.05) is 65.2 Å². The number of hydrogen-bond acceptors (Lipinski definition) is 0. The summed E-state index contributed by atoms with van der Waals surface area (Å²) in [4.78, 5) is 0. The molecule has 1 rings (SSSR count). The third-order valence-corrected chi connectivity index (χ3v) is 4.02. The van der Waals surface area contributed by atoms with Gasteiger partial charge < -0.3 is 4.70 Å². The van der Waals surface area contributed by atoms with Gasteiger partial charge in [0.2, 0.25) is 0 Å². The van der Waals surface area contributed by atoms with Crippen LogP contribution in [0.4, 0.5) is 0 Å². The Morgan fingerprint density at radius 2 is 1.24 bits per heavy atom. The summed E-state index contributed by atoms with van der Waals surface area (Å²) in [5, 5.41) is 0. The van der Waals surface area contributed by atoms with Crippen molar-refractivity contribution in [2.45, 2.75) is 91.0 Å². The Morgan fingerprint density at radius 1 is 0.714 bits per heavy atom. The summed E-state index contributed by atoms with van der Waals surface area (Å²) in [5.74, 6) is 0. The fourth-order valence-corrected chi connectivity index (χ4v) is 2.70. The lowest BCUT2D eigenvalue weighted by molar-refractivity contribution is -0.697. The predicted molar refractivity (Wildman–Crippen MR) is 87.9 cm³/mol. The van der Waals surface area contributed by atoms with Gasteiger partial charge in [-0.15, -0.1) is 0 Å². The standard InChI is InChI=1S/C19H34N.FH/c1-3-5-6-7-8-9-10-11-12-16-20-17-14-19(13-4-2)15-18-20;/h14-15,17-18H,3-13,16H2,1-2H3;1H/q+1;/p-1. The molecule has 0 aliphatic heterocycles. The van der Waals surface area contributed by atoms with E-state index < -0.39 is 0 Å². The van der Waals surface area contributed by atoms with E-state index in [9.17, 15) is 0 Å². The molecule has 122 valence electrons. The van der Waals surface area contributed by atoms with Crippen molar-refractivity contribution in [3.63, 3.8) is 0 Å². The molecule has 0 saturated carbocycles. The van der Waals surface area contributed by atoms with Gasteiger partial charge in [0.15, 0.2) is 12.4 Å². The zero-order valence-corrected chi connectivity index (χ0v) is 14.1. The summed E-state index contributed by atoms with van der Waals surface area (Å²) in [5.41, 5.74) is 1.47. The molecule has 0 saturated heterocycles. The van der Waals surface area contributed by atoms with Gasteiger partial charge in [0, 0.05) is 18.6 Å². The number of rotatable bonds is 12. The first kappa shape index (κ1) is 20.1. The normalized spacial score (nSPS) is 10.4. The second-order valence-corrected chi connectivity index (χ2v) is 6.02. The van der Waals surface area contributed by atoms with Gasteiger partial charge in [0.05, 0.1) is 0 Å². The van der Waals surface area contributed by atoms with Crippen LogP contribution in [0.2, 0.25) is 0 Å². The van der Waals surface area contributed by atoms with Crippen molar-refractivity contribution in [1.29, 1.82) is 0 Å². The van der Waals surface area contributed by atoms with Crippen LogP contribution < -0.4 is 9.27 Å². The van der Waals surface area contributed by atoms with E-state index in [-0.39, 0.29) is 4.70 Å². The predicted octanol–water partition coefficient (Wildman–Crippen LogP) is 2.46. The van der Waals surface area contributed by atoms with Crippen LogP contribution in [0, 0.1) is 0 Å². The lowest BCUT2D eigenvalue weighted by Gasteiger charge is -2.01. The van der Waals surface area contributed by atoms with Crippen LogP contribution in [0.15, 0.2) is 24.5 Å². The summed E-state index contributed by atoms with van der Waals surface area (Å²) in [6.45, 7) is 5.71. The summed E-state index contributed by atoms with van der Waals surface area (Å²) in [7, 11) is 0. The molecule has 0 fully saturated rings. The van der Waals surface area contributed by atoms with Crippen molar-refractivity contribution in [3.8, 4) is 0 Å². The minimum atomic E-state index is 0. The molecule has 0 bridgehead atoms. The van der Waals surface area contributed by atoms with E-state index in [1.807, 2.05) is 0 Å². The Labute approximate surface area is 131 Å². The molecule has 0 radical (unpaired) electrons. The van der Waals surface area contributed by atoms with Gasteiger partial charge in [0.1, 0.15) is 6.54 Å². The summed E-state index contributed by atoms with van der Waals surface area (Å²) >= 11 is 0. The summed E-state index contributed by atoms with van der Waals surface area (Å²) < 4.78 is 2.33. The number of unbranched alkanes of at least 4 members (excludes halogenated alkanes) is 8. The molecule has 2 heteroatoms. The van der Waals surface area contributed by atoms with Crippen molar-refractivity contribution in [3.05, 3.63) is 30.1 Å². The molecule has 1 heterocycles. The average Bonchev–Trinajstić information content (AvgIpc) is 2.47. The summed E-state index contributed by atoms with van der Waals surface area (Å²) in [6.07, 6.45) is 19.6. The first-order valence-electron chi connectivity index (χ1n) is 8.84. The maximum absolute atomic E-state index is 2.33. The fraction of sp³-hybridized carbons (Fsp3) is 0.737. The average molecular weight is 295 g/mol. The molecule has 0 spiro atoms. The van der Waals surface area contributed by atoms with Gasteiger partial charge in [-0.2, -0.15) is 0 Å². The molecule has 0 N–H and O–H groups in total. The minimum absolute atomic E-state index is 0. The van der Waals surface area contributed by atoms with E-state index in [0.29, 0.717) is 0 Å². The molecular formula is C19H34FN. The molecular weight excluding hydrogens is 261 g/mol. The largest absolute Gasteiger partial charge is 1.00 e. The van der Waals surface area contributed by atoms with E-state index >= 15 is 0 Å². The number of halogens is 1. The van der Waals surface area contributed by atoms with Crippen LogP contribution in [0.25, 0.3) is 0 Å². The highest BCUT2D eigenvalue weighted by Crippen LogP contribution is 2.09. The Hall–Kier alpha value is -0.920. The van der Waals surface area contributed by atoms with Crippen LogP contribution in [0.1, 0.15) is 83.6 Å². The number of pyridine rings is 1. The first-order valence-corrected chi connectivity index (χ1v) is 8.84. The molecule has 0 aliphatic rings. The number of hydrogen-bond donors (Lipinski definition) is 0. The number of nitrogens with zero attached hydrogens (tertiary/aromatic N) is 1. The fourth-order valence-electron chi connectivity index (χ4n) is 2.70. The van der Waals surface area contributed by atoms with Crippen molar-refractivity contribution in [1.82, 2.24) is 0 Å². The van der Waals surface area contributed by atoms with Crippen molar-refractivity contribution >= 4 is 0 Å². The topological polar surface area (TPSA) is 3.88 Å². The van der Waals surface area contributed by atoms with Crippen LogP contribution in [0.3, 0.4) is 0 Å². The molecule has 0 amide bonds. The third-order valence-electron chi connectivity index (χ3n) is 4.02. The lowest BCUT2D eigenvalue weighted by Crippen LogP contribution is -3.00. The van der Waals surface area contributed by atoms with Gasteiger partial charge in [-0.05, 0) is 18.4 Å². The maximum Gasteiger partial charge on any atom is 0.169 e. The molecule has 0 unspecified atom stereocenters.